The maximum Gasteiger partial charge on any atom is 0.216 e. The Balaban J connectivity index is 2.07. The fraction of sp³-hybridized carbons (Fsp3) is 0.208. The van der Waals surface area contributed by atoms with Gasteiger partial charge in [0.15, 0.2) is 6.20 Å². The lowest BCUT2D eigenvalue weighted by atomic mass is 10.0. The Kier molecular flexibility index (Phi) is 7.16. The van der Waals surface area contributed by atoms with Gasteiger partial charge in [-0.2, -0.15) is 0 Å². The van der Waals surface area contributed by atoms with E-state index in [1.807, 2.05) is 49.0 Å². The number of hydrogen-bond acceptors (Lipinski definition) is 1. The molecule has 0 atom stereocenters. The summed E-state index contributed by atoms with van der Waals surface area (Å²) in [5, 5.41) is 10.1. The number of aliphatic hydroxyl groups is 1. The van der Waals surface area contributed by atoms with Crippen molar-refractivity contribution in [2.24, 2.45) is 7.05 Å². The van der Waals surface area contributed by atoms with Crippen molar-refractivity contribution in [1.29, 1.82) is 0 Å². The van der Waals surface area contributed by atoms with Crippen molar-refractivity contribution in [3.63, 3.8) is 0 Å². The van der Waals surface area contributed by atoms with Crippen LogP contribution in [0.4, 0.5) is 0 Å². The van der Waals surface area contributed by atoms with E-state index < -0.39 is 0 Å². The van der Waals surface area contributed by atoms with Crippen LogP contribution in [0.3, 0.4) is 0 Å². The molecule has 2 heteroatoms. The summed E-state index contributed by atoms with van der Waals surface area (Å²) >= 11 is 0. The highest BCUT2D eigenvalue weighted by molar-refractivity contribution is 5.76. The maximum absolute atomic E-state index is 10.1. The number of aryl methyl sites for hydroxylation is 1. The number of hydrogen-bond donors (Lipinski definition) is 1. The van der Waals surface area contributed by atoms with Crippen LogP contribution in [-0.4, -0.2) is 5.11 Å². The van der Waals surface area contributed by atoms with Crippen LogP contribution in [0.2, 0.25) is 0 Å². The first-order valence-corrected chi connectivity index (χ1v) is 8.93. The van der Waals surface area contributed by atoms with Crippen molar-refractivity contribution in [2.75, 3.05) is 0 Å². The number of pyridine rings is 1. The average Bonchev–Trinajstić information content (AvgIpc) is 2.63. The van der Waals surface area contributed by atoms with Crippen molar-refractivity contribution < 1.29 is 9.67 Å². The summed E-state index contributed by atoms with van der Waals surface area (Å²) in [6, 6.07) is 16.3. The van der Waals surface area contributed by atoms with Gasteiger partial charge in [-0.15, -0.1) is 0 Å². The Hall–Kier alpha value is -2.87. The Morgan fingerprint density at radius 3 is 2.38 bits per heavy atom. The second-order valence-corrected chi connectivity index (χ2v) is 6.43. The molecule has 0 spiro atoms. The summed E-state index contributed by atoms with van der Waals surface area (Å²) in [5.41, 5.74) is 5.29. The average molecular weight is 346 g/mol. The second-order valence-electron chi connectivity index (χ2n) is 6.43. The molecule has 0 amide bonds. The van der Waals surface area contributed by atoms with Crippen LogP contribution >= 0.6 is 0 Å². The summed E-state index contributed by atoms with van der Waals surface area (Å²) in [6.07, 6.45) is 10.4. The van der Waals surface area contributed by atoms with Crippen LogP contribution in [0.25, 0.3) is 11.1 Å². The standard InChI is InChI=1S/C24H27NO/c1-19(22-15-9-6-10-16-22)13-7-5-8-14-20(2)24(21(3)26)23-17-11-12-18-25(23)4/h6,8-18H,3,5,7H2,1-2,4H3/p+1/b14-8-,19-13+,24-20+. The number of nitrogens with zero attached hydrogens (tertiary/aromatic N) is 1. The number of unbranched alkanes of at least 4 members (excludes halogenated alkanes) is 1. The first-order valence-electron chi connectivity index (χ1n) is 8.93. The van der Waals surface area contributed by atoms with Gasteiger partial charge >= 0.3 is 0 Å². The Morgan fingerprint density at radius 2 is 1.73 bits per heavy atom. The van der Waals surface area contributed by atoms with E-state index in [2.05, 4.69) is 56.0 Å². The highest BCUT2D eigenvalue weighted by Crippen LogP contribution is 2.22. The van der Waals surface area contributed by atoms with E-state index >= 15 is 0 Å². The Bertz CT molecular complexity index is 842. The van der Waals surface area contributed by atoms with Gasteiger partial charge in [-0.25, -0.2) is 4.57 Å². The minimum absolute atomic E-state index is 0.0915. The molecule has 0 radical (unpaired) electrons. The molecular formula is C24H28NO+. The molecule has 1 aromatic heterocycles. The van der Waals surface area contributed by atoms with Crippen LogP contribution in [-0.2, 0) is 7.05 Å². The highest BCUT2D eigenvalue weighted by Gasteiger charge is 2.16. The van der Waals surface area contributed by atoms with Gasteiger partial charge in [-0.3, -0.25) is 0 Å². The molecule has 1 aromatic carbocycles. The van der Waals surface area contributed by atoms with Crippen LogP contribution in [0.5, 0.6) is 0 Å². The number of aromatic nitrogens is 1. The lowest BCUT2D eigenvalue weighted by molar-refractivity contribution is -0.673. The molecule has 2 aromatic rings. The van der Waals surface area contributed by atoms with Gasteiger partial charge in [0.1, 0.15) is 12.8 Å². The minimum Gasteiger partial charge on any atom is -0.508 e. The molecule has 134 valence electrons. The highest BCUT2D eigenvalue weighted by atomic mass is 16.3. The van der Waals surface area contributed by atoms with E-state index in [-0.39, 0.29) is 5.76 Å². The summed E-state index contributed by atoms with van der Waals surface area (Å²) in [7, 11) is 1.96. The number of rotatable bonds is 7. The third-order valence-corrected chi connectivity index (χ3v) is 4.37. The molecule has 0 aliphatic carbocycles. The van der Waals surface area contributed by atoms with Crippen LogP contribution in [0, 0.1) is 0 Å². The summed E-state index contributed by atoms with van der Waals surface area (Å²) in [5.74, 6) is 0.0915. The Labute approximate surface area is 157 Å². The third-order valence-electron chi connectivity index (χ3n) is 4.37. The van der Waals surface area contributed by atoms with E-state index in [1.165, 1.54) is 11.1 Å². The molecule has 1 heterocycles. The molecular weight excluding hydrogens is 318 g/mol. The van der Waals surface area contributed by atoms with Gasteiger partial charge in [0, 0.05) is 12.1 Å². The van der Waals surface area contributed by atoms with Crippen molar-refractivity contribution in [1.82, 2.24) is 0 Å². The zero-order valence-electron chi connectivity index (χ0n) is 15.9. The minimum atomic E-state index is 0.0915. The molecule has 0 saturated heterocycles. The molecule has 0 saturated carbocycles. The fourth-order valence-corrected chi connectivity index (χ4v) is 2.92. The summed E-state index contributed by atoms with van der Waals surface area (Å²) in [4.78, 5) is 0. The Morgan fingerprint density at radius 1 is 1.04 bits per heavy atom. The lowest BCUT2D eigenvalue weighted by Crippen LogP contribution is -2.32. The first kappa shape index (κ1) is 19.5. The van der Waals surface area contributed by atoms with E-state index in [0.29, 0.717) is 0 Å². The summed E-state index contributed by atoms with van der Waals surface area (Å²) in [6.45, 7) is 7.89. The predicted octanol–water partition coefficient (Wildman–Crippen LogP) is 5.80. The quantitative estimate of drug-likeness (QED) is 0.291. The van der Waals surface area contributed by atoms with Crippen LogP contribution < -0.4 is 4.57 Å². The number of aliphatic hydroxyl groups excluding tert-OH is 1. The predicted molar refractivity (Wildman–Crippen MR) is 110 cm³/mol. The maximum atomic E-state index is 10.1. The first-order chi connectivity index (χ1) is 12.5. The number of benzene rings is 1. The van der Waals surface area contributed by atoms with E-state index in [0.717, 1.165) is 29.7 Å². The zero-order valence-corrected chi connectivity index (χ0v) is 15.9. The van der Waals surface area contributed by atoms with Gasteiger partial charge in [0.25, 0.3) is 0 Å². The third kappa shape index (κ3) is 5.32. The zero-order chi connectivity index (χ0) is 18.9. The normalized spacial score (nSPS) is 13.0. The molecule has 0 bridgehead atoms. The van der Waals surface area contributed by atoms with Crippen molar-refractivity contribution in [2.45, 2.75) is 26.7 Å². The van der Waals surface area contributed by atoms with Crippen LogP contribution in [0.1, 0.15) is 37.9 Å². The molecule has 26 heavy (non-hydrogen) atoms. The number of allylic oxidation sites excluding steroid dienone is 6. The van der Waals surface area contributed by atoms with E-state index in [4.69, 9.17) is 0 Å². The summed E-state index contributed by atoms with van der Waals surface area (Å²) < 4.78 is 1.99. The SMILES string of the molecule is C=C(O)/C(=C(C)\C=C/CC/C=C(\C)c1ccccc1)c1cccc[n+]1C. The molecule has 2 rings (SSSR count). The molecule has 0 aliphatic heterocycles. The monoisotopic (exact) mass is 346 g/mol. The van der Waals surface area contributed by atoms with Gasteiger partial charge in [-0.1, -0.05) is 55.1 Å². The smallest absolute Gasteiger partial charge is 0.216 e. The van der Waals surface area contributed by atoms with E-state index in [1.54, 1.807) is 0 Å². The lowest BCUT2D eigenvalue weighted by Gasteiger charge is -2.07. The molecule has 1 N–H and O–H groups in total. The largest absolute Gasteiger partial charge is 0.508 e. The second kappa shape index (κ2) is 9.57. The fourth-order valence-electron chi connectivity index (χ4n) is 2.92. The van der Waals surface area contributed by atoms with Crippen molar-refractivity contribution in [3.8, 4) is 0 Å². The van der Waals surface area contributed by atoms with Gasteiger partial charge in [-0.05, 0) is 49.5 Å². The molecule has 0 aliphatic rings. The van der Waals surface area contributed by atoms with Crippen molar-refractivity contribution >= 4 is 11.1 Å². The van der Waals surface area contributed by atoms with E-state index in [9.17, 15) is 5.11 Å². The van der Waals surface area contributed by atoms with Gasteiger partial charge in [0.05, 0.1) is 5.57 Å². The molecule has 2 nitrogen and oxygen atoms in total. The van der Waals surface area contributed by atoms with Gasteiger partial charge < -0.3 is 5.11 Å². The molecule has 0 fully saturated rings. The van der Waals surface area contributed by atoms with Crippen LogP contribution in [0.15, 0.2) is 90.9 Å². The van der Waals surface area contributed by atoms with Gasteiger partial charge in [0.2, 0.25) is 5.69 Å². The van der Waals surface area contributed by atoms with Crippen molar-refractivity contribution in [3.05, 3.63) is 102 Å². The topological polar surface area (TPSA) is 24.1 Å². The molecule has 0 unspecified atom stereocenters.